The minimum absolute atomic E-state index is 0.0498. The molecule has 104 valence electrons. The van der Waals surface area contributed by atoms with Gasteiger partial charge in [0.25, 0.3) is 0 Å². The molecule has 1 aliphatic rings. The molecule has 1 aliphatic heterocycles. The molecule has 3 N–H and O–H groups in total. The Balaban J connectivity index is 2.41. The van der Waals surface area contributed by atoms with Crippen LogP contribution in [0.3, 0.4) is 0 Å². The van der Waals surface area contributed by atoms with Gasteiger partial charge in [0, 0.05) is 32.6 Å². The molecule has 1 saturated heterocycles. The second-order valence-electron chi connectivity index (χ2n) is 5.38. The molecular weight excluding hydrogens is 230 g/mol. The molecule has 0 aromatic carbocycles. The molecule has 1 unspecified atom stereocenters. The van der Waals surface area contributed by atoms with Gasteiger partial charge in [-0.3, -0.25) is 9.59 Å². The number of rotatable bonds is 4. The van der Waals surface area contributed by atoms with Gasteiger partial charge in [-0.25, -0.2) is 0 Å². The van der Waals surface area contributed by atoms with Gasteiger partial charge in [0.1, 0.15) is 0 Å². The second-order valence-corrected chi connectivity index (χ2v) is 5.38. The van der Waals surface area contributed by atoms with Crippen LogP contribution in [0.2, 0.25) is 0 Å². The van der Waals surface area contributed by atoms with Crippen LogP contribution in [-0.2, 0) is 9.59 Å². The Morgan fingerprint density at radius 3 is 2.28 bits per heavy atom. The van der Waals surface area contributed by atoms with Crippen molar-refractivity contribution in [2.24, 2.45) is 17.6 Å². The van der Waals surface area contributed by atoms with Crippen LogP contribution in [0.1, 0.15) is 33.6 Å². The summed E-state index contributed by atoms with van der Waals surface area (Å²) < 4.78 is 0. The van der Waals surface area contributed by atoms with Gasteiger partial charge >= 0.3 is 0 Å². The topological polar surface area (TPSA) is 75.4 Å². The number of hydrogen-bond acceptors (Lipinski definition) is 3. The Morgan fingerprint density at radius 2 is 1.89 bits per heavy atom. The molecule has 0 aromatic rings. The Labute approximate surface area is 109 Å². The summed E-state index contributed by atoms with van der Waals surface area (Å²) in [6.45, 7) is 7.45. The number of likely N-dealkylation sites (tertiary alicyclic amines) is 1. The maximum atomic E-state index is 12.0. The van der Waals surface area contributed by atoms with E-state index in [1.54, 1.807) is 6.92 Å². The van der Waals surface area contributed by atoms with Gasteiger partial charge in [0.2, 0.25) is 11.8 Å². The van der Waals surface area contributed by atoms with Crippen molar-refractivity contribution in [3.05, 3.63) is 0 Å². The normalized spacial score (nSPS) is 18.8. The minimum Gasteiger partial charge on any atom is -0.353 e. The van der Waals surface area contributed by atoms with Gasteiger partial charge in [0.05, 0.1) is 5.92 Å². The van der Waals surface area contributed by atoms with Gasteiger partial charge in [-0.15, -0.1) is 0 Å². The monoisotopic (exact) mass is 255 g/mol. The number of nitrogens with one attached hydrogen (secondary N) is 1. The summed E-state index contributed by atoms with van der Waals surface area (Å²) in [4.78, 5) is 25.0. The molecule has 2 amide bonds. The van der Waals surface area contributed by atoms with Crippen LogP contribution in [0.4, 0.5) is 0 Å². The van der Waals surface area contributed by atoms with E-state index in [1.165, 1.54) is 0 Å². The minimum atomic E-state index is -0.115. The van der Waals surface area contributed by atoms with E-state index in [2.05, 4.69) is 5.32 Å². The zero-order valence-corrected chi connectivity index (χ0v) is 11.6. The van der Waals surface area contributed by atoms with Gasteiger partial charge in [-0.05, 0) is 18.8 Å². The average Bonchev–Trinajstić information content (AvgIpc) is 2.29. The maximum absolute atomic E-state index is 12.0. The zero-order valence-electron chi connectivity index (χ0n) is 11.6. The highest BCUT2D eigenvalue weighted by Gasteiger charge is 2.26. The lowest BCUT2D eigenvalue weighted by Gasteiger charge is -2.32. The predicted octanol–water partition coefficient (Wildman–Crippen LogP) is 0.344. The molecule has 0 saturated carbocycles. The lowest BCUT2D eigenvalue weighted by atomic mass is 9.94. The number of piperidine rings is 1. The number of carbonyl (C=O) groups excluding carboxylic acids is 2. The van der Waals surface area contributed by atoms with E-state index in [1.807, 2.05) is 18.7 Å². The Hall–Kier alpha value is -1.10. The van der Waals surface area contributed by atoms with Crippen LogP contribution in [0, 0.1) is 11.8 Å². The Morgan fingerprint density at radius 1 is 1.33 bits per heavy atom. The molecule has 1 rings (SSSR count). The van der Waals surface area contributed by atoms with Crippen molar-refractivity contribution in [3.8, 4) is 0 Å². The summed E-state index contributed by atoms with van der Waals surface area (Å²) in [5.41, 5.74) is 5.63. The molecule has 0 aromatic heterocycles. The SMILES string of the molecule is CC(=O)N1CCC(NC(=O)C(CN)C(C)C)CC1. The van der Waals surface area contributed by atoms with Crippen molar-refractivity contribution in [2.45, 2.75) is 39.7 Å². The fourth-order valence-corrected chi connectivity index (χ4v) is 2.33. The van der Waals surface area contributed by atoms with Gasteiger partial charge < -0.3 is 16.0 Å². The van der Waals surface area contributed by atoms with E-state index in [0.717, 1.165) is 25.9 Å². The van der Waals surface area contributed by atoms with Crippen molar-refractivity contribution in [3.63, 3.8) is 0 Å². The van der Waals surface area contributed by atoms with E-state index >= 15 is 0 Å². The fraction of sp³-hybridized carbons (Fsp3) is 0.846. The summed E-state index contributed by atoms with van der Waals surface area (Å²) in [5.74, 6) is 0.304. The quantitative estimate of drug-likeness (QED) is 0.761. The third-order valence-corrected chi connectivity index (χ3v) is 3.68. The number of amides is 2. The number of hydrogen-bond donors (Lipinski definition) is 2. The molecule has 1 heterocycles. The van der Waals surface area contributed by atoms with Crippen LogP contribution in [0.25, 0.3) is 0 Å². The lowest BCUT2D eigenvalue weighted by Crippen LogP contribution is -2.49. The standard InChI is InChI=1S/C13H25N3O2/c1-9(2)12(8-14)13(18)15-11-4-6-16(7-5-11)10(3)17/h9,11-12H,4-8,14H2,1-3H3,(H,15,18). The Bertz CT molecular complexity index is 297. The summed E-state index contributed by atoms with van der Waals surface area (Å²) in [7, 11) is 0. The van der Waals surface area contributed by atoms with E-state index in [9.17, 15) is 9.59 Å². The highest BCUT2D eigenvalue weighted by molar-refractivity contribution is 5.79. The van der Waals surface area contributed by atoms with Crippen molar-refractivity contribution in [2.75, 3.05) is 19.6 Å². The van der Waals surface area contributed by atoms with Crippen LogP contribution in [0.15, 0.2) is 0 Å². The summed E-state index contributed by atoms with van der Waals surface area (Å²) in [6, 6.07) is 0.181. The highest BCUT2D eigenvalue weighted by atomic mass is 16.2. The average molecular weight is 255 g/mol. The predicted molar refractivity (Wildman–Crippen MR) is 70.8 cm³/mol. The van der Waals surface area contributed by atoms with Crippen LogP contribution >= 0.6 is 0 Å². The van der Waals surface area contributed by atoms with Gasteiger partial charge in [0.15, 0.2) is 0 Å². The van der Waals surface area contributed by atoms with Crippen LogP contribution in [-0.4, -0.2) is 42.4 Å². The lowest BCUT2D eigenvalue weighted by molar-refractivity contribution is -0.130. The highest BCUT2D eigenvalue weighted by Crippen LogP contribution is 2.14. The van der Waals surface area contributed by atoms with Crippen LogP contribution in [0.5, 0.6) is 0 Å². The first kappa shape index (κ1) is 15.0. The van der Waals surface area contributed by atoms with Crippen molar-refractivity contribution in [1.82, 2.24) is 10.2 Å². The molecule has 1 fully saturated rings. The maximum Gasteiger partial charge on any atom is 0.224 e. The summed E-state index contributed by atoms with van der Waals surface area (Å²) in [6.07, 6.45) is 1.67. The van der Waals surface area contributed by atoms with E-state index in [0.29, 0.717) is 6.54 Å². The van der Waals surface area contributed by atoms with E-state index < -0.39 is 0 Å². The smallest absolute Gasteiger partial charge is 0.224 e. The first-order chi connectivity index (χ1) is 8.45. The molecule has 18 heavy (non-hydrogen) atoms. The first-order valence-electron chi connectivity index (χ1n) is 6.71. The van der Waals surface area contributed by atoms with Gasteiger partial charge in [-0.2, -0.15) is 0 Å². The molecular formula is C13H25N3O2. The molecule has 5 heteroatoms. The van der Waals surface area contributed by atoms with E-state index in [4.69, 9.17) is 5.73 Å². The van der Waals surface area contributed by atoms with Crippen molar-refractivity contribution in [1.29, 1.82) is 0 Å². The third kappa shape index (κ3) is 3.98. The van der Waals surface area contributed by atoms with Crippen molar-refractivity contribution >= 4 is 11.8 Å². The third-order valence-electron chi connectivity index (χ3n) is 3.68. The Kier molecular flexibility index (Phi) is 5.59. The molecule has 5 nitrogen and oxygen atoms in total. The first-order valence-corrected chi connectivity index (χ1v) is 6.71. The van der Waals surface area contributed by atoms with Crippen LogP contribution < -0.4 is 11.1 Å². The molecule has 0 spiro atoms. The van der Waals surface area contributed by atoms with E-state index in [-0.39, 0.29) is 29.7 Å². The second kappa shape index (κ2) is 6.73. The molecule has 0 aliphatic carbocycles. The number of nitrogens with two attached hydrogens (primary N) is 1. The summed E-state index contributed by atoms with van der Waals surface area (Å²) in [5, 5.41) is 3.05. The molecule has 1 atom stereocenters. The van der Waals surface area contributed by atoms with Crippen molar-refractivity contribution < 1.29 is 9.59 Å². The van der Waals surface area contributed by atoms with Gasteiger partial charge in [-0.1, -0.05) is 13.8 Å². The number of carbonyl (C=O) groups is 2. The number of nitrogens with zero attached hydrogens (tertiary/aromatic N) is 1. The summed E-state index contributed by atoms with van der Waals surface area (Å²) >= 11 is 0. The molecule has 0 radical (unpaired) electrons. The fourth-order valence-electron chi connectivity index (χ4n) is 2.33. The zero-order chi connectivity index (χ0) is 13.7. The largest absolute Gasteiger partial charge is 0.353 e. The molecule has 0 bridgehead atoms.